The maximum Gasteiger partial charge on any atom is 0.260 e. The molecule has 140 valence electrons. The van der Waals surface area contributed by atoms with E-state index in [-0.39, 0.29) is 24.3 Å². The molecule has 3 aromatic rings. The minimum absolute atomic E-state index is 0.0627. The van der Waals surface area contributed by atoms with Crippen LogP contribution in [0.4, 0.5) is 0 Å². The quantitative estimate of drug-likeness (QED) is 0.565. The molecule has 0 spiro atoms. The maximum absolute atomic E-state index is 12.5. The highest BCUT2D eigenvalue weighted by atomic mass is 32.1. The number of rotatable bonds is 7. The first kappa shape index (κ1) is 19.0. The molecule has 0 aliphatic carbocycles. The molecule has 6 heteroatoms. The molecule has 3 rings (SSSR count). The molecule has 0 fully saturated rings. The first-order chi connectivity index (χ1) is 13.0. The topological polar surface area (TPSA) is 59.5 Å². The van der Waals surface area contributed by atoms with Crippen molar-refractivity contribution in [2.75, 3.05) is 13.7 Å². The lowest BCUT2D eigenvalue weighted by atomic mass is 10.1. The second-order valence-electron chi connectivity index (χ2n) is 6.29. The highest BCUT2D eigenvalue weighted by Crippen LogP contribution is 2.28. The fourth-order valence-electron chi connectivity index (χ4n) is 2.64. The van der Waals surface area contributed by atoms with Gasteiger partial charge in [-0.2, -0.15) is 0 Å². The summed E-state index contributed by atoms with van der Waals surface area (Å²) in [6, 6.07) is 14.7. The third-order valence-electron chi connectivity index (χ3n) is 4.50. The zero-order chi connectivity index (χ0) is 19.4. The van der Waals surface area contributed by atoms with Crippen molar-refractivity contribution in [2.24, 2.45) is 0 Å². The van der Waals surface area contributed by atoms with Gasteiger partial charge in [0.25, 0.3) is 5.91 Å². The van der Waals surface area contributed by atoms with Gasteiger partial charge in [0, 0.05) is 19.0 Å². The van der Waals surface area contributed by atoms with Gasteiger partial charge in [-0.25, -0.2) is 4.98 Å². The number of ketones is 1. The third kappa shape index (κ3) is 4.34. The zero-order valence-electron chi connectivity index (χ0n) is 15.6. The van der Waals surface area contributed by atoms with Crippen LogP contribution < -0.4 is 4.74 Å². The number of likely N-dealkylation sites (N-methyl/N-ethyl adjacent to an activating group) is 1. The molecule has 1 atom stereocenters. The van der Waals surface area contributed by atoms with Gasteiger partial charge in [-0.05, 0) is 43.3 Å². The number of carbonyl (C=O) groups excluding carboxylic acids is 2. The van der Waals surface area contributed by atoms with Crippen molar-refractivity contribution in [3.63, 3.8) is 0 Å². The second kappa shape index (κ2) is 8.31. The van der Waals surface area contributed by atoms with Gasteiger partial charge >= 0.3 is 0 Å². The second-order valence-corrected chi connectivity index (χ2v) is 7.35. The summed E-state index contributed by atoms with van der Waals surface area (Å²) in [5, 5.41) is 0.898. The van der Waals surface area contributed by atoms with Gasteiger partial charge in [0.2, 0.25) is 0 Å². The molecular formula is C21H22N2O3S. The number of Topliss-reactive ketones (excluding diaryl/α,β-unsaturated/α-hetero) is 1. The lowest BCUT2D eigenvalue weighted by molar-refractivity contribution is -0.134. The summed E-state index contributed by atoms with van der Waals surface area (Å²) in [6.07, 6.45) is 0.465. The number of benzene rings is 2. The molecule has 0 saturated heterocycles. The molecule has 1 unspecified atom stereocenters. The van der Waals surface area contributed by atoms with Crippen LogP contribution in [0.2, 0.25) is 0 Å². The van der Waals surface area contributed by atoms with E-state index in [1.54, 1.807) is 47.5 Å². The van der Waals surface area contributed by atoms with E-state index >= 15 is 0 Å². The Kier molecular flexibility index (Phi) is 5.86. The lowest BCUT2D eigenvalue weighted by Gasteiger charge is -2.23. The van der Waals surface area contributed by atoms with Gasteiger partial charge < -0.3 is 9.64 Å². The molecule has 27 heavy (non-hydrogen) atoms. The van der Waals surface area contributed by atoms with Gasteiger partial charge in [-0.1, -0.05) is 19.1 Å². The monoisotopic (exact) mass is 382 g/mol. The molecule has 1 amide bonds. The van der Waals surface area contributed by atoms with E-state index in [4.69, 9.17) is 4.74 Å². The fraction of sp³-hybridized carbons (Fsp3) is 0.286. The van der Waals surface area contributed by atoms with E-state index in [2.05, 4.69) is 4.98 Å². The Balaban J connectivity index is 1.60. The van der Waals surface area contributed by atoms with Crippen molar-refractivity contribution in [1.82, 2.24) is 9.88 Å². The number of amides is 1. The number of para-hydroxylation sites is 1. The Morgan fingerprint density at radius 1 is 1.15 bits per heavy atom. The van der Waals surface area contributed by atoms with Crippen LogP contribution in [0, 0.1) is 0 Å². The van der Waals surface area contributed by atoms with Gasteiger partial charge in [0.1, 0.15) is 10.8 Å². The predicted molar refractivity (Wildman–Crippen MR) is 107 cm³/mol. The van der Waals surface area contributed by atoms with Crippen molar-refractivity contribution in [2.45, 2.75) is 26.3 Å². The van der Waals surface area contributed by atoms with Crippen LogP contribution in [0.1, 0.15) is 41.7 Å². The van der Waals surface area contributed by atoms with Crippen LogP contribution in [0.15, 0.2) is 48.5 Å². The molecule has 0 aliphatic rings. The molecule has 0 aliphatic heterocycles. The number of ether oxygens (including phenoxy) is 1. The van der Waals surface area contributed by atoms with E-state index in [0.29, 0.717) is 17.7 Å². The molecule has 1 aromatic heterocycles. The number of fused-ring (bicyclic) bond motifs is 1. The Morgan fingerprint density at radius 3 is 2.52 bits per heavy atom. The normalized spacial score (nSPS) is 12.0. The van der Waals surface area contributed by atoms with Crippen LogP contribution >= 0.6 is 11.3 Å². The summed E-state index contributed by atoms with van der Waals surface area (Å²) in [5.74, 6) is 0.523. The summed E-state index contributed by atoms with van der Waals surface area (Å²) < 4.78 is 6.69. The summed E-state index contributed by atoms with van der Waals surface area (Å²) in [6.45, 7) is 3.72. The first-order valence-electron chi connectivity index (χ1n) is 8.86. The van der Waals surface area contributed by atoms with E-state index < -0.39 is 0 Å². The van der Waals surface area contributed by atoms with Gasteiger partial charge in [-0.15, -0.1) is 11.3 Å². The molecule has 0 N–H and O–H groups in total. The number of thiazole rings is 1. The number of carbonyl (C=O) groups is 2. The minimum atomic E-state index is -0.136. The molecule has 1 heterocycles. The summed E-state index contributed by atoms with van der Waals surface area (Å²) in [7, 11) is 1.76. The van der Waals surface area contributed by atoms with Gasteiger partial charge in [0.05, 0.1) is 16.3 Å². The minimum Gasteiger partial charge on any atom is -0.484 e. The van der Waals surface area contributed by atoms with Gasteiger partial charge in [0.15, 0.2) is 12.4 Å². The summed E-state index contributed by atoms with van der Waals surface area (Å²) in [4.78, 5) is 30.4. The third-order valence-corrected chi connectivity index (χ3v) is 5.71. The van der Waals surface area contributed by atoms with Crippen LogP contribution in [0.25, 0.3) is 10.2 Å². The Bertz CT molecular complexity index is 916. The fourth-order valence-corrected chi connectivity index (χ4v) is 3.70. The lowest BCUT2D eigenvalue weighted by Crippen LogP contribution is -2.33. The van der Waals surface area contributed by atoms with Crippen LogP contribution in [-0.2, 0) is 4.79 Å². The van der Waals surface area contributed by atoms with E-state index in [1.165, 1.54) is 0 Å². The Morgan fingerprint density at radius 2 is 1.85 bits per heavy atom. The van der Waals surface area contributed by atoms with Crippen LogP contribution in [0.3, 0.4) is 0 Å². The van der Waals surface area contributed by atoms with Crippen molar-refractivity contribution >= 4 is 33.2 Å². The SMILES string of the molecule is CCC(=O)c1ccc(OCC(=O)N(C)C(C)c2nc3ccccc3s2)cc1. The largest absolute Gasteiger partial charge is 0.484 e. The molecular weight excluding hydrogens is 360 g/mol. The zero-order valence-corrected chi connectivity index (χ0v) is 16.5. The molecule has 0 radical (unpaired) electrons. The van der Waals surface area contributed by atoms with E-state index in [0.717, 1.165) is 15.2 Å². The molecule has 5 nitrogen and oxygen atoms in total. The first-order valence-corrected chi connectivity index (χ1v) is 9.68. The van der Waals surface area contributed by atoms with Gasteiger partial charge in [-0.3, -0.25) is 9.59 Å². The maximum atomic E-state index is 12.5. The van der Waals surface area contributed by atoms with Crippen molar-refractivity contribution in [3.8, 4) is 5.75 Å². The molecule has 2 aromatic carbocycles. The van der Waals surface area contributed by atoms with Crippen molar-refractivity contribution < 1.29 is 14.3 Å². The number of hydrogen-bond donors (Lipinski definition) is 0. The highest BCUT2D eigenvalue weighted by Gasteiger charge is 2.21. The Hall–Kier alpha value is -2.73. The average Bonchev–Trinajstić information content (AvgIpc) is 3.15. The highest BCUT2D eigenvalue weighted by molar-refractivity contribution is 7.18. The summed E-state index contributed by atoms with van der Waals surface area (Å²) in [5.41, 5.74) is 1.60. The predicted octanol–water partition coefficient (Wildman–Crippen LogP) is 4.49. The number of aromatic nitrogens is 1. The molecule has 0 saturated carbocycles. The molecule has 0 bridgehead atoms. The van der Waals surface area contributed by atoms with Crippen molar-refractivity contribution in [3.05, 3.63) is 59.1 Å². The smallest absolute Gasteiger partial charge is 0.260 e. The average molecular weight is 382 g/mol. The van der Waals surface area contributed by atoms with Crippen LogP contribution in [0.5, 0.6) is 5.75 Å². The van der Waals surface area contributed by atoms with Crippen molar-refractivity contribution in [1.29, 1.82) is 0 Å². The van der Waals surface area contributed by atoms with Crippen LogP contribution in [-0.4, -0.2) is 35.2 Å². The summed E-state index contributed by atoms with van der Waals surface area (Å²) >= 11 is 1.59. The standard InChI is InChI=1S/C21H22N2O3S/c1-4-18(24)15-9-11-16(12-10-15)26-13-20(25)23(3)14(2)21-22-17-7-5-6-8-19(17)27-21/h5-12,14H,4,13H2,1-3H3. The number of hydrogen-bond acceptors (Lipinski definition) is 5. The van der Waals surface area contributed by atoms with E-state index in [9.17, 15) is 9.59 Å². The Labute approximate surface area is 162 Å². The van der Waals surface area contributed by atoms with E-state index in [1.807, 2.05) is 38.1 Å². The number of nitrogens with zero attached hydrogens (tertiary/aromatic N) is 2.